The second-order valence-electron chi connectivity index (χ2n) is 5.54. The Morgan fingerprint density at radius 3 is 2.83 bits per heavy atom. The Labute approximate surface area is 111 Å². The summed E-state index contributed by atoms with van der Waals surface area (Å²) in [5.74, 6) is 2.75. The molecule has 3 heteroatoms. The van der Waals surface area contributed by atoms with Gasteiger partial charge < -0.3 is 10.2 Å². The second-order valence-corrected chi connectivity index (χ2v) is 5.54. The fourth-order valence-electron chi connectivity index (χ4n) is 2.52. The first-order valence-corrected chi connectivity index (χ1v) is 7.11. The highest BCUT2D eigenvalue weighted by atomic mass is 15.2. The first kappa shape index (κ1) is 13.3. The van der Waals surface area contributed by atoms with Crippen molar-refractivity contribution >= 4 is 5.82 Å². The number of nitrogens with one attached hydrogen (secondary N) is 1. The Balaban J connectivity index is 1.94. The third-order valence-electron chi connectivity index (χ3n) is 3.88. The van der Waals surface area contributed by atoms with Crippen LogP contribution in [0.25, 0.3) is 0 Å². The van der Waals surface area contributed by atoms with Gasteiger partial charge in [0.1, 0.15) is 5.82 Å². The van der Waals surface area contributed by atoms with Gasteiger partial charge in [0.15, 0.2) is 0 Å². The maximum Gasteiger partial charge on any atom is 0.128 e. The summed E-state index contributed by atoms with van der Waals surface area (Å²) in [5, 5.41) is 3.32. The van der Waals surface area contributed by atoms with Crippen LogP contribution in [0.15, 0.2) is 18.3 Å². The summed E-state index contributed by atoms with van der Waals surface area (Å²) in [6, 6.07) is 4.35. The van der Waals surface area contributed by atoms with Gasteiger partial charge >= 0.3 is 0 Å². The lowest BCUT2D eigenvalue weighted by molar-refractivity contribution is 0.422. The second kappa shape index (κ2) is 6.19. The van der Waals surface area contributed by atoms with Crippen LogP contribution in [0.5, 0.6) is 0 Å². The lowest BCUT2D eigenvalue weighted by atomic mass is 9.95. The predicted octanol–water partition coefficient (Wildman–Crippen LogP) is 2.67. The van der Waals surface area contributed by atoms with Crippen LogP contribution in [0, 0.1) is 11.8 Å². The van der Waals surface area contributed by atoms with Crippen molar-refractivity contribution in [2.24, 2.45) is 11.8 Å². The van der Waals surface area contributed by atoms with E-state index >= 15 is 0 Å². The van der Waals surface area contributed by atoms with E-state index in [9.17, 15) is 0 Å². The van der Waals surface area contributed by atoms with E-state index in [1.54, 1.807) is 0 Å². The maximum atomic E-state index is 4.59. The summed E-state index contributed by atoms with van der Waals surface area (Å²) >= 11 is 0. The van der Waals surface area contributed by atoms with E-state index in [0.29, 0.717) is 0 Å². The molecule has 2 heterocycles. The van der Waals surface area contributed by atoms with Gasteiger partial charge in [0, 0.05) is 25.8 Å². The summed E-state index contributed by atoms with van der Waals surface area (Å²) in [4.78, 5) is 7.01. The molecule has 0 aromatic carbocycles. The van der Waals surface area contributed by atoms with Gasteiger partial charge in [0.05, 0.1) is 0 Å². The summed E-state index contributed by atoms with van der Waals surface area (Å²) in [6.07, 6.45) is 3.30. The average molecular weight is 247 g/mol. The van der Waals surface area contributed by atoms with Crippen molar-refractivity contribution in [3.05, 3.63) is 23.9 Å². The average Bonchev–Trinajstić information content (AvgIpc) is 2.87. The molecular formula is C15H25N3. The Morgan fingerprint density at radius 1 is 1.44 bits per heavy atom. The first-order valence-electron chi connectivity index (χ1n) is 7.11. The molecule has 1 N–H and O–H groups in total. The zero-order valence-corrected chi connectivity index (χ0v) is 11.8. The minimum atomic E-state index is 0.781. The SMILES string of the molecule is CCNCc1ccc(N2CCC(C(C)C)C2)nc1. The summed E-state index contributed by atoms with van der Waals surface area (Å²) in [7, 11) is 0. The van der Waals surface area contributed by atoms with E-state index in [0.717, 1.165) is 43.8 Å². The molecule has 1 unspecified atom stereocenters. The van der Waals surface area contributed by atoms with Crippen molar-refractivity contribution < 1.29 is 0 Å². The van der Waals surface area contributed by atoms with E-state index in [4.69, 9.17) is 0 Å². The van der Waals surface area contributed by atoms with Crippen LogP contribution in [0.4, 0.5) is 5.82 Å². The quantitative estimate of drug-likeness (QED) is 0.867. The van der Waals surface area contributed by atoms with Crippen LogP contribution in [-0.2, 0) is 6.54 Å². The van der Waals surface area contributed by atoms with E-state index in [1.165, 1.54) is 12.0 Å². The molecule has 0 radical (unpaired) electrons. The minimum absolute atomic E-state index is 0.781. The third kappa shape index (κ3) is 3.22. The van der Waals surface area contributed by atoms with Crippen molar-refractivity contribution in [3.8, 4) is 0 Å². The molecule has 1 aliphatic rings. The van der Waals surface area contributed by atoms with Gasteiger partial charge in [-0.15, -0.1) is 0 Å². The minimum Gasteiger partial charge on any atom is -0.356 e. The monoisotopic (exact) mass is 247 g/mol. The van der Waals surface area contributed by atoms with Crippen LogP contribution in [0.3, 0.4) is 0 Å². The number of hydrogen-bond donors (Lipinski definition) is 1. The molecule has 0 spiro atoms. The maximum absolute atomic E-state index is 4.59. The number of hydrogen-bond acceptors (Lipinski definition) is 3. The molecule has 2 rings (SSSR count). The smallest absolute Gasteiger partial charge is 0.128 e. The van der Waals surface area contributed by atoms with Crippen molar-refractivity contribution in [1.29, 1.82) is 0 Å². The first-order chi connectivity index (χ1) is 8.70. The van der Waals surface area contributed by atoms with Crippen LogP contribution in [0.2, 0.25) is 0 Å². The standard InChI is InChI=1S/C15H25N3/c1-4-16-9-13-5-6-15(17-10-13)18-8-7-14(11-18)12(2)3/h5-6,10,12,14,16H,4,7-9,11H2,1-3H3. The number of aromatic nitrogens is 1. The van der Waals surface area contributed by atoms with Crippen molar-refractivity contribution in [2.75, 3.05) is 24.5 Å². The molecule has 1 fully saturated rings. The largest absolute Gasteiger partial charge is 0.356 e. The van der Waals surface area contributed by atoms with Gasteiger partial charge in [0.2, 0.25) is 0 Å². The third-order valence-corrected chi connectivity index (χ3v) is 3.88. The molecule has 0 aliphatic carbocycles. The fourth-order valence-corrected chi connectivity index (χ4v) is 2.52. The Bertz CT molecular complexity index is 359. The molecule has 1 aromatic heterocycles. The number of rotatable bonds is 5. The van der Waals surface area contributed by atoms with Crippen molar-refractivity contribution in [1.82, 2.24) is 10.3 Å². The van der Waals surface area contributed by atoms with E-state index in [2.05, 4.69) is 48.1 Å². The van der Waals surface area contributed by atoms with Crippen LogP contribution < -0.4 is 10.2 Å². The highest BCUT2D eigenvalue weighted by Gasteiger charge is 2.25. The van der Waals surface area contributed by atoms with Crippen molar-refractivity contribution in [2.45, 2.75) is 33.7 Å². The van der Waals surface area contributed by atoms with Gasteiger partial charge in [-0.25, -0.2) is 4.98 Å². The summed E-state index contributed by atoms with van der Waals surface area (Å²) in [6.45, 7) is 11.0. The zero-order chi connectivity index (χ0) is 13.0. The van der Waals surface area contributed by atoms with Gasteiger partial charge in [-0.05, 0) is 36.4 Å². The highest BCUT2D eigenvalue weighted by Crippen LogP contribution is 2.26. The molecule has 0 amide bonds. The van der Waals surface area contributed by atoms with Gasteiger partial charge in [0.25, 0.3) is 0 Å². The molecule has 1 aromatic rings. The van der Waals surface area contributed by atoms with Crippen LogP contribution in [0.1, 0.15) is 32.8 Å². The van der Waals surface area contributed by atoms with Gasteiger partial charge in [-0.2, -0.15) is 0 Å². The highest BCUT2D eigenvalue weighted by molar-refractivity contribution is 5.40. The lowest BCUT2D eigenvalue weighted by Gasteiger charge is -2.19. The Morgan fingerprint density at radius 2 is 2.28 bits per heavy atom. The topological polar surface area (TPSA) is 28.2 Å². The summed E-state index contributed by atoms with van der Waals surface area (Å²) < 4.78 is 0. The lowest BCUT2D eigenvalue weighted by Crippen LogP contribution is -2.22. The Kier molecular flexibility index (Phi) is 4.59. The Hall–Kier alpha value is -1.09. The predicted molar refractivity (Wildman–Crippen MR) is 76.8 cm³/mol. The van der Waals surface area contributed by atoms with Gasteiger partial charge in [-0.1, -0.05) is 26.8 Å². The molecule has 0 bridgehead atoms. The molecule has 1 atom stereocenters. The number of nitrogens with zero attached hydrogens (tertiary/aromatic N) is 2. The molecule has 100 valence electrons. The molecule has 18 heavy (non-hydrogen) atoms. The molecule has 3 nitrogen and oxygen atoms in total. The van der Waals surface area contributed by atoms with Gasteiger partial charge in [-0.3, -0.25) is 0 Å². The zero-order valence-electron chi connectivity index (χ0n) is 11.8. The van der Waals surface area contributed by atoms with E-state index in [1.807, 2.05) is 6.20 Å². The number of anilines is 1. The van der Waals surface area contributed by atoms with Crippen LogP contribution in [-0.4, -0.2) is 24.6 Å². The normalized spacial score (nSPS) is 19.8. The number of pyridine rings is 1. The van der Waals surface area contributed by atoms with Crippen LogP contribution >= 0.6 is 0 Å². The van der Waals surface area contributed by atoms with Crippen molar-refractivity contribution in [3.63, 3.8) is 0 Å². The van der Waals surface area contributed by atoms with E-state index < -0.39 is 0 Å². The summed E-state index contributed by atoms with van der Waals surface area (Å²) in [5.41, 5.74) is 1.26. The fraction of sp³-hybridized carbons (Fsp3) is 0.667. The molecule has 1 aliphatic heterocycles. The van der Waals surface area contributed by atoms with E-state index in [-0.39, 0.29) is 0 Å². The molecule has 1 saturated heterocycles. The molecular weight excluding hydrogens is 222 g/mol. The molecule has 0 saturated carbocycles.